The number of aliphatic carboxylic acids is 1. The van der Waals surface area contributed by atoms with Crippen molar-refractivity contribution in [3.8, 4) is 0 Å². The van der Waals surface area contributed by atoms with Crippen LogP contribution >= 0.6 is 23.2 Å². The molecule has 1 aliphatic rings. The van der Waals surface area contributed by atoms with Crippen molar-refractivity contribution < 1.29 is 14.7 Å². The van der Waals surface area contributed by atoms with Crippen molar-refractivity contribution in [3.63, 3.8) is 0 Å². The second kappa shape index (κ2) is 5.07. The molecular weight excluding hydrogens is 281 g/mol. The summed E-state index contributed by atoms with van der Waals surface area (Å²) < 4.78 is 0. The van der Waals surface area contributed by atoms with E-state index in [9.17, 15) is 9.59 Å². The molecule has 0 saturated carbocycles. The van der Waals surface area contributed by atoms with Crippen LogP contribution in [0.15, 0.2) is 6.07 Å². The molecule has 2 heterocycles. The molecule has 1 saturated heterocycles. The highest BCUT2D eigenvalue weighted by Gasteiger charge is 2.35. The van der Waals surface area contributed by atoms with Crippen LogP contribution in [0.4, 0.5) is 0 Å². The van der Waals surface area contributed by atoms with Gasteiger partial charge in [0.05, 0.1) is 5.56 Å². The fraction of sp³-hybridized carbons (Fsp3) is 0.400. The Morgan fingerprint density at radius 2 is 2.11 bits per heavy atom. The molecule has 1 fully saturated rings. The Hall–Kier alpha value is -1.40. The number of rotatable bonds is 2. The van der Waals surface area contributed by atoms with Gasteiger partial charge in [-0.25, -0.2) is 4.79 Å². The Bertz CT molecular complexity index is 509. The summed E-state index contributed by atoms with van der Waals surface area (Å²) in [6, 6.07) is 0.469. The van der Waals surface area contributed by atoms with Crippen LogP contribution in [0.2, 0.25) is 10.3 Å². The number of hydrogen-bond acceptors (Lipinski definition) is 4. The van der Waals surface area contributed by atoms with Gasteiger partial charge in [0.15, 0.2) is 10.3 Å². The largest absolute Gasteiger partial charge is 0.480 e. The number of carbonyl (C=O) groups is 2. The third-order valence-electron chi connectivity index (χ3n) is 2.75. The number of likely N-dealkylation sites (tertiary alicyclic amines) is 1. The second-order valence-corrected chi connectivity index (χ2v) is 4.61. The first-order valence-electron chi connectivity index (χ1n) is 5.23. The van der Waals surface area contributed by atoms with Crippen LogP contribution in [0, 0.1) is 0 Å². The molecule has 1 atom stereocenters. The normalized spacial score (nSPS) is 19.0. The second-order valence-electron chi connectivity index (χ2n) is 3.87. The van der Waals surface area contributed by atoms with Crippen molar-refractivity contribution >= 4 is 35.1 Å². The number of carbonyl (C=O) groups excluding carboxylic acids is 1. The fourth-order valence-corrected chi connectivity index (χ4v) is 2.24. The summed E-state index contributed by atoms with van der Waals surface area (Å²) in [5.74, 6) is -1.51. The van der Waals surface area contributed by atoms with E-state index >= 15 is 0 Å². The van der Waals surface area contributed by atoms with Gasteiger partial charge < -0.3 is 10.0 Å². The first-order valence-corrected chi connectivity index (χ1v) is 5.99. The van der Waals surface area contributed by atoms with E-state index < -0.39 is 17.9 Å². The van der Waals surface area contributed by atoms with E-state index in [0.29, 0.717) is 19.4 Å². The number of amides is 1. The molecule has 0 unspecified atom stereocenters. The van der Waals surface area contributed by atoms with Crippen molar-refractivity contribution in [2.45, 2.75) is 18.9 Å². The third kappa shape index (κ3) is 2.39. The highest BCUT2D eigenvalue weighted by Crippen LogP contribution is 2.23. The van der Waals surface area contributed by atoms with E-state index in [0.717, 1.165) is 0 Å². The van der Waals surface area contributed by atoms with Crippen molar-refractivity contribution in [2.75, 3.05) is 6.54 Å². The van der Waals surface area contributed by atoms with Gasteiger partial charge in [-0.2, -0.15) is 0 Å². The third-order valence-corrected chi connectivity index (χ3v) is 3.21. The topological polar surface area (TPSA) is 83.4 Å². The van der Waals surface area contributed by atoms with Crippen LogP contribution in [0.3, 0.4) is 0 Å². The summed E-state index contributed by atoms with van der Waals surface area (Å²) in [7, 11) is 0. The minimum Gasteiger partial charge on any atom is -0.480 e. The van der Waals surface area contributed by atoms with E-state index in [-0.39, 0.29) is 15.9 Å². The van der Waals surface area contributed by atoms with Gasteiger partial charge in [-0.05, 0) is 18.9 Å². The Morgan fingerprint density at radius 3 is 2.78 bits per heavy atom. The summed E-state index contributed by atoms with van der Waals surface area (Å²) in [4.78, 5) is 24.5. The Balaban J connectivity index is 2.31. The molecule has 0 aromatic carbocycles. The maximum atomic E-state index is 12.2. The molecule has 1 aromatic rings. The van der Waals surface area contributed by atoms with Crippen molar-refractivity contribution in [3.05, 3.63) is 21.9 Å². The smallest absolute Gasteiger partial charge is 0.326 e. The number of aromatic nitrogens is 2. The highest BCUT2D eigenvalue weighted by molar-refractivity contribution is 6.34. The molecule has 0 radical (unpaired) electrons. The molecule has 6 nitrogen and oxygen atoms in total. The highest BCUT2D eigenvalue weighted by atomic mass is 35.5. The lowest BCUT2D eigenvalue weighted by Crippen LogP contribution is -2.40. The predicted octanol–water partition coefficient (Wildman–Crippen LogP) is 1.47. The lowest BCUT2D eigenvalue weighted by atomic mass is 10.2. The lowest BCUT2D eigenvalue weighted by Gasteiger charge is -2.21. The maximum absolute atomic E-state index is 12.2. The monoisotopic (exact) mass is 289 g/mol. The van der Waals surface area contributed by atoms with E-state index in [4.69, 9.17) is 28.3 Å². The summed E-state index contributed by atoms with van der Waals surface area (Å²) in [5.41, 5.74) is 0.0739. The van der Waals surface area contributed by atoms with Gasteiger partial charge >= 0.3 is 5.97 Å². The van der Waals surface area contributed by atoms with E-state index in [1.807, 2.05) is 0 Å². The Kier molecular flexibility index (Phi) is 3.68. The molecule has 1 amide bonds. The van der Waals surface area contributed by atoms with Crippen LogP contribution in [0.25, 0.3) is 0 Å². The number of carboxylic acids is 1. The number of halogens is 2. The van der Waals surface area contributed by atoms with Gasteiger partial charge in [0, 0.05) is 6.54 Å². The molecule has 0 aliphatic carbocycles. The number of nitrogens with zero attached hydrogens (tertiary/aromatic N) is 3. The molecule has 0 spiro atoms. The molecule has 0 bridgehead atoms. The minimum absolute atomic E-state index is 0.0359. The lowest BCUT2D eigenvalue weighted by molar-refractivity contribution is -0.141. The zero-order valence-electron chi connectivity index (χ0n) is 9.14. The molecule has 18 heavy (non-hydrogen) atoms. The molecular formula is C10H9Cl2N3O3. The summed E-state index contributed by atoms with van der Waals surface area (Å²) in [5, 5.41) is 16.0. The zero-order valence-corrected chi connectivity index (χ0v) is 10.6. The summed E-state index contributed by atoms with van der Waals surface area (Å²) in [6.45, 7) is 0.381. The van der Waals surface area contributed by atoms with Crippen LogP contribution in [-0.2, 0) is 4.79 Å². The fourth-order valence-electron chi connectivity index (χ4n) is 1.92. The quantitative estimate of drug-likeness (QED) is 0.891. The molecule has 1 aromatic heterocycles. The predicted molar refractivity (Wildman–Crippen MR) is 63.7 cm³/mol. The molecule has 2 rings (SSSR count). The van der Waals surface area contributed by atoms with Crippen molar-refractivity contribution in [1.82, 2.24) is 15.1 Å². The van der Waals surface area contributed by atoms with Crippen molar-refractivity contribution in [2.24, 2.45) is 0 Å². The number of carboxylic acid groups (broad SMARTS) is 1. The number of hydrogen-bond donors (Lipinski definition) is 1. The van der Waals surface area contributed by atoms with Gasteiger partial charge in [-0.3, -0.25) is 4.79 Å². The van der Waals surface area contributed by atoms with Crippen LogP contribution in [-0.4, -0.2) is 44.7 Å². The average Bonchev–Trinajstić information content (AvgIpc) is 2.80. The van der Waals surface area contributed by atoms with E-state index in [1.54, 1.807) is 0 Å². The van der Waals surface area contributed by atoms with E-state index in [1.165, 1.54) is 11.0 Å². The van der Waals surface area contributed by atoms with Gasteiger partial charge in [0.1, 0.15) is 6.04 Å². The summed E-state index contributed by atoms with van der Waals surface area (Å²) in [6.07, 6.45) is 1.08. The van der Waals surface area contributed by atoms with Crippen LogP contribution < -0.4 is 0 Å². The van der Waals surface area contributed by atoms with Gasteiger partial charge in [0.25, 0.3) is 5.91 Å². The molecule has 8 heteroatoms. The minimum atomic E-state index is -1.02. The Labute approximate surface area is 113 Å². The van der Waals surface area contributed by atoms with E-state index in [2.05, 4.69) is 10.2 Å². The Morgan fingerprint density at radius 1 is 1.39 bits per heavy atom. The van der Waals surface area contributed by atoms with Gasteiger partial charge in [0.2, 0.25) is 0 Å². The average molecular weight is 290 g/mol. The molecule has 1 N–H and O–H groups in total. The molecule has 96 valence electrons. The SMILES string of the molecule is O=C(O)[C@H]1CCCN1C(=O)c1cc(Cl)nnc1Cl. The molecule has 1 aliphatic heterocycles. The first-order chi connectivity index (χ1) is 8.50. The first kappa shape index (κ1) is 13.0. The van der Waals surface area contributed by atoms with Crippen molar-refractivity contribution in [1.29, 1.82) is 0 Å². The zero-order chi connectivity index (χ0) is 13.3. The van der Waals surface area contributed by atoms with Crippen LogP contribution in [0.1, 0.15) is 23.2 Å². The van der Waals surface area contributed by atoms with Crippen LogP contribution in [0.5, 0.6) is 0 Å². The summed E-state index contributed by atoms with van der Waals surface area (Å²) >= 11 is 11.4. The van der Waals surface area contributed by atoms with Gasteiger partial charge in [-0.1, -0.05) is 23.2 Å². The standard InChI is InChI=1S/C10H9Cl2N3O3/c11-7-4-5(8(12)14-13-7)9(16)15-3-1-2-6(15)10(17)18/h4,6H,1-3H2,(H,17,18)/t6-/m1/s1. The van der Waals surface area contributed by atoms with Gasteiger partial charge in [-0.15, -0.1) is 10.2 Å². The maximum Gasteiger partial charge on any atom is 0.326 e.